The van der Waals surface area contributed by atoms with Crippen molar-refractivity contribution in [1.29, 1.82) is 0 Å². The number of carbonyl (C=O) groups excluding carboxylic acids is 1. The van der Waals surface area contributed by atoms with Crippen LogP contribution >= 0.6 is 0 Å². The molecule has 1 N–H and O–H groups in total. The van der Waals surface area contributed by atoms with Crippen molar-refractivity contribution < 1.29 is 14.6 Å². The first-order valence-corrected chi connectivity index (χ1v) is 4.87. The summed E-state index contributed by atoms with van der Waals surface area (Å²) in [4.78, 5) is 11.0. The van der Waals surface area contributed by atoms with E-state index in [9.17, 15) is 9.90 Å². The molecule has 0 saturated carbocycles. The first kappa shape index (κ1) is 11.0. The van der Waals surface area contributed by atoms with E-state index >= 15 is 0 Å². The molecule has 0 aromatic heterocycles. The zero-order chi connectivity index (χ0) is 10.6. The smallest absolute Gasteiger partial charge is 0.333 e. The lowest BCUT2D eigenvalue weighted by atomic mass is 9.97. The third-order valence-corrected chi connectivity index (χ3v) is 2.30. The van der Waals surface area contributed by atoms with Crippen molar-refractivity contribution in [2.75, 3.05) is 6.61 Å². The second-order valence-corrected chi connectivity index (χ2v) is 3.44. The number of hydrogen-bond donors (Lipinski definition) is 1. The molecule has 0 aliphatic carbocycles. The quantitative estimate of drug-likeness (QED) is 0.420. The van der Waals surface area contributed by atoms with E-state index in [4.69, 9.17) is 4.74 Å². The van der Waals surface area contributed by atoms with Gasteiger partial charge in [0.2, 0.25) is 0 Å². The molecule has 0 bridgehead atoms. The molecule has 78 valence electrons. The fourth-order valence-electron chi connectivity index (χ4n) is 1.35. The maximum atomic E-state index is 11.0. The monoisotopic (exact) mass is 196 g/mol. The van der Waals surface area contributed by atoms with Gasteiger partial charge in [-0.1, -0.05) is 32.1 Å². The van der Waals surface area contributed by atoms with Crippen LogP contribution in [0.15, 0.2) is 24.3 Å². The summed E-state index contributed by atoms with van der Waals surface area (Å²) >= 11 is 0. The molecule has 2 atom stereocenters. The number of hydrogen-bond acceptors (Lipinski definition) is 3. The predicted octanol–water partition coefficient (Wildman–Crippen LogP) is 1.43. The standard InChI is InChI=1S/C11H16O3/c1-3-4-5-6-10(12)9-7-14-11(13)8(9)2/h5-6,9-10,12H,2-4,7H2,1H3/b6-5+/t9-,10+/m1/s1. The fourth-order valence-corrected chi connectivity index (χ4v) is 1.35. The zero-order valence-corrected chi connectivity index (χ0v) is 8.40. The lowest BCUT2D eigenvalue weighted by Gasteiger charge is -2.11. The summed E-state index contributed by atoms with van der Waals surface area (Å²) in [7, 11) is 0. The van der Waals surface area contributed by atoms with Gasteiger partial charge in [0, 0.05) is 5.57 Å². The summed E-state index contributed by atoms with van der Waals surface area (Å²) in [6.45, 7) is 5.91. The van der Waals surface area contributed by atoms with Crippen LogP contribution in [0.5, 0.6) is 0 Å². The Morgan fingerprint density at radius 2 is 2.50 bits per heavy atom. The minimum absolute atomic E-state index is 0.245. The molecule has 1 heterocycles. The zero-order valence-electron chi connectivity index (χ0n) is 8.40. The van der Waals surface area contributed by atoms with Crippen LogP contribution in [-0.4, -0.2) is 23.8 Å². The third-order valence-electron chi connectivity index (χ3n) is 2.30. The Kier molecular flexibility index (Phi) is 3.89. The van der Waals surface area contributed by atoms with Crippen molar-refractivity contribution in [1.82, 2.24) is 0 Å². The summed E-state index contributed by atoms with van der Waals surface area (Å²) in [5.41, 5.74) is 0.374. The number of cyclic esters (lactones) is 1. The number of rotatable bonds is 4. The molecule has 1 fully saturated rings. The first-order valence-electron chi connectivity index (χ1n) is 4.87. The lowest BCUT2D eigenvalue weighted by Crippen LogP contribution is -2.19. The third kappa shape index (κ3) is 2.45. The molecule has 1 aliphatic rings. The number of ether oxygens (including phenoxy) is 1. The minimum Gasteiger partial charge on any atom is -0.462 e. The average molecular weight is 196 g/mol. The van der Waals surface area contributed by atoms with Crippen molar-refractivity contribution >= 4 is 5.97 Å². The highest BCUT2D eigenvalue weighted by Crippen LogP contribution is 2.23. The molecule has 1 saturated heterocycles. The van der Waals surface area contributed by atoms with Gasteiger partial charge >= 0.3 is 5.97 Å². The Bertz CT molecular complexity index is 255. The van der Waals surface area contributed by atoms with Gasteiger partial charge < -0.3 is 9.84 Å². The van der Waals surface area contributed by atoms with E-state index in [1.807, 2.05) is 6.08 Å². The summed E-state index contributed by atoms with van der Waals surface area (Å²) < 4.78 is 4.77. The number of allylic oxidation sites excluding steroid dienone is 1. The molecule has 0 aromatic carbocycles. The molecule has 14 heavy (non-hydrogen) atoms. The maximum absolute atomic E-state index is 11.0. The Morgan fingerprint density at radius 1 is 1.79 bits per heavy atom. The van der Waals surface area contributed by atoms with Gasteiger partial charge in [-0.25, -0.2) is 4.79 Å². The molecule has 0 radical (unpaired) electrons. The van der Waals surface area contributed by atoms with Gasteiger partial charge in [-0.05, 0) is 6.42 Å². The molecule has 0 unspecified atom stereocenters. The highest BCUT2D eigenvalue weighted by Gasteiger charge is 2.32. The predicted molar refractivity (Wildman–Crippen MR) is 53.6 cm³/mol. The highest BCUT2D eigenvalue weighted by atomic mass is 16.5. The van der Waals surface area contributed by atoms with Gasteiger partial charge in [0.25, 0.3) is 0 Å². The van der Waals surface area contributed by atoms with Crippen LogP contribution in [0.4, 0.5) is 0 Å². The van der Waals surface area contributed by atoms with Crippen molar-refractivity contribution in [2.24, 2.45) is 5.92 Å². The highest BCUT2D eigenvalue weighted by molar-refractivity contribution is 5.90. The number of carbonyl (C=O) groups is 1. The Morgan fingerprint density at radius 3 is 3.00 bits per heavy atom. The van der Waals surface area contributed by atoms with Crippen molar-refractivity contribution in [3.8, 4) is 0 Å². The Balaban J connectivity index is 2.49. The van der Waals surface area contributed by atoms with Crippen LogP contribution in [0.1, 0.15) is 19.8 Å². The minimum atomic E-state index is -0.652. The van der Waals surface area contributed by atoms with Gasteiger partial charge in [0.1, 0.15) is 6.61 Å². The van der Waals surface area contributed by atoms with E-state index in [0.29, 0.717) is 5.57 Å². The van der Waals surface area contributed by atoms with E-state index in [1.165, 1.54) is 0 Å². The first-order chi connectivity index (χ1) is 6.66. The van der Waals surface area contributed by atoms with Gasteiger partial charge in [-0.3, -0.25) is 0 Å². The lowest BCUT2D eigenvalue weighted by molar-refractivity contribution is -0.135. The SMILES string of the molecule is C=C1C(=O)OC[C@H]1[C@@H](O)/C=C/CCC. The van der Waals surface area contributed by atoms with E-state index < -0.39 is 12.1 Å². The number of unbranched alkanes of at least 4 members (excludes halogenated alkanes) is 1. The molecule has 0 aromatic rings. The number of aliphatic hydroxyl groups is 1. The normalized spacial score (nSPS) is 24.3. The molecule has 3 heteroatoms. The fraction of sp³-hybridized carbons (Fsp3) is 0.545. The largest absolute Gasteiger partial charge is 0.462 e. The molecule has 0 amide bonds. The van der Waals surface area contributed by atoms with Gasteiger partial charge in [0.15, 0.2) is 0 Å². The molecule has 1 rings (SSSR count). The summed E-state index contributed by atoms with van der Waals surface area (Å²) in [6, 6.07) is 0. The number of aliphatic hydroxyl groups excluding tert-OH is 1. The second-order valence-electron chi connectivity index (χ2n) is 3.44. The van der Waals surface area contributed by atoms with Crippen molar-refractivity contribution in [3.63, 3.8) is 0 Å². The maximum Gasteiger partial charge on any atom is 0.333 e. The van der Waals surface area contributed by atoms with Crippen molar-refractivity contribution in [2.45, 2.75) is 25.9 Å². The molecule has 1 aliphatic heterocycles. The van der Waals surface area contributed by atoms with E-state index in [0.717, 1.165) is 12.8 Å². The van der Waals surface area contributed by atoms with Crippen LogP contribution in [0.25, 0.3) is 0 Å². The van der Waals surface area contributed by atoms with Crippen molar-refractivity contribution in [3.05, 3.63) is 24.3 Å². The molecular formula is C11H16O3. The Hall–Kier alpha value is -1.09. The van der Waals surface area contributed by atoms with Crippen LogP contribution in [0, 0.1) is 5.92 Å². The van der Waals surface area contributed by atoms with E-state index in [2.05, 4.69) is 13.5 Å². The van der Waals surface area contributed by atoms with E-state index in [1.54, 1.807) is 6.08 Å². The molecular weight excluding hydrogens is 180 g/mol. The molecule has 0 spiro atoms. The van der Waals surface area contributed by atoms with Gasteiger partial charge in [-0.2, -0.15) is 0 Å². The van der Waals surface area contributed by atoms with Crippen LogP contribution < -0.4 is 0 Å². The van der Waals surface area contributed by atoms with Gasteiger partial charge in [0.05, 0.1) is 12.0 Å². The van der Waals surface area contributed by atoms with Crippen LogP contribution in [0.3, 0.4) is 0 Å². The summed E-state index contributed by atoms with van der Waals surface area (Å²) in [5.74, 6) is -0.659. The average Bonchev–Trinajstić information content (AvgIpc) is 2.48. The summed E-state index contributed by atoms with van der Waals surface area (Å²) in [5, 5.41) is 9.68. The number of esters is 1. The summed E-state index contributed by atoms with van der Waals surface area (Å²) in [6.07, 6.45) is 4.96. The molecule has 3 nitrogen and oxygen atoms in total. The van der Waals surface area contributed by atoms with Gasteiger partial charge in [-0.15, -0.1) is 0 Å². The van der Waals surface area contributed by atoms with Crippen LogP contribution in [-0.2, 0) is 9.53 Å². The van der Waals surface area contributed by atoms with Crippen LogP contribution in [0.2, 0.25) is 0 Å². The second kappa shape index (κ2) is 4.96. The topological polar surface area (TPSA) is 46.5 Å². The Labute approximate surface area is 84.1 Å². The van der Waals surface area contributed by atoms with E-state index in [-0.39, 0.29) is 12.5 Å².